The summed E-state index contributed by atoms with van der Waals surface area (Å²) in [6, 6.07) is 9.71. The topological polar surface area (TPSA) is 59.1 Å². The first kappa shape index (κ1) is 18.9. The Kier molecular flexibility index (Phi) is 5.34. The van der Waals surface area contributed by atoms with Gasteiger partial charge < -0.3 is 19.3 Å². The van der Waals surface area contributed by atoms with E-state index in [2.05, 4.69) is 0 Å². The number of carbonyl (C=O) groups excluding carboxylic acids is 2. The van der Waals surface area contributed by atoms with E-state index in [1.165, 1.54) is 0 Å². The molecule has 1 aromatic carbocycles. The van der Waals surface area contributed by atoms with Crippen LogP contribution in [0.5, 0.6) is 0 Å². The predicted octanol–water partition coefficient (Wildman–Crippen LogP) is 2.23. The Morgan fingerprint density at radius 3 is 2.62 bits per heavy atom. The Morgan fingerprint density at radius 1 is 1.19 bits per heavy atom. The zero-order chi connectivity index (χ0) is 18.8. The molecule has 2 heterocycles. The molecule has 2 saturated heterocycles. The first-order chi connectivity index (χ1) is 12.4. The number of methoxy groups -OCH3 is 1. The maximum Gasteiger partial charge on any atom is 0.254 e. The lowest BCUT2D eigenvalue weighted by Gasteiger charge is -2.42. The molecule has 1 spiro atoms. The molecule has 6 heteroatoms. The Morgan fingerprint density at radius 2 is 1.92 bits per heavy atom. The molecule has 1 atom stereocenters. The highest BCUT2D eigenvalue weighted by atomic mass is 16.5. The molecule has 26 heavy (non-hydrogen) atoms. The summed E-state index contributed by atoms with van der Waals surface area (Å²) in [6.07, 6.45) is 2.40. The normalized spacial score (nSPS) is 24.7. The van der Waals surface area contributed by atoms with E-state index < -0.39 is 11.2 Å². The molecule has 0 radical (unpaired) electrons. The number of likely N-dealkylation sites (tertiary alicyclic amines) is 1. The van der Waals surface area contributed by atoms with Crippen molar-refractivity contribution in [2.75, 3.05) is 38.3 Å². The average Bonchev–Trinajstić information content (AvgIpc) is 2.86. The summed E-state index contributed by atoms with van der Waals surface area (Å²) in [7, 11) is 1.56. The molecule has 0 aliphatic carbocycles. The number of morpholine rings is 1. The molecule has 0 aromatic heterocycles. The van der Waals surface area contributed by atoms with Crippen molar-refractivity contribution in [3.63, 3.8) is 0 Å². The zero-order valence-corrected chi connectivity index (χ0v) is 15.9. The van der Waals surface area contributed by atoms with E-state index in [9.17, 15) is 9.59 Å². The number of anilines is 1. The van der Waals surface area contributed by atoms with Crippen LogP contribution in [0.25, 0.3) is 0 Å². The highest BCUT2D eigenvalue weighted by molar-refractivity contribution is 5.95. The highest BCUT2D eigenvalue weighted by Crippen LogP contribution is 2.33. The molecule has 142 valence electrons. The van der Waals surface area contributed by atoms with Gasteiger partial charge in [0.2, 0.25) is 0 Å². The minimum absolute atomic E-state index is 0.00357. The van der Waals surface area contributed by atoms with Crippen molar-refractivity contribution in [2.45, 2.75) is 44.3 Å². The molecule has 2 aliphatic heterocycles. The summed E-state index contributed by atoms with van der Waals surface area (Å²) >= 11 is 0. The Hall–Kier alpha value is -1.92. The van der Waals surface area contributed by atoms with Gasteiger partial charge in [0.15, 0.2) is 0 Å². The van der Waals surface area contributed by atoms with Gasteiger partial charge >= 0.3 is 0 Å². The van der Waals surface area contributed by atoms with Gasteiger partial charge in [0.1, 0.15) is 12.2 Å². The van der Waals surface area contributed by atoms with Crippen LogP contribution in [0.2, 0.25) is 0 Å². The van der Waals surface area contributed by atoms with Crippen molar-refractivity contribution in [1.82, 2.24) is 4.90 Å². The van der Waals surface area contributed by atoms with Gasteiger partial charge in [-0.1, -0.05) is 18.2 Å². The molecule has 0 bridgehead atoms. The van der Waals surface area contributed by atoms with Gasteiger partial charge in [0, 0.05) is 25.9 Å². The summed E-state index contributed by atoms with van der Waals surface area (Å²) in [4.78, 5) is 28.8. The smallest absolute Gasteiger partial charge is 0.254 e. The van der Waals surface area contributed by atoms with Crippen molar-refractivity contribution < 1.29 is 19.1 Å². The van der Waals surface area contributed by atoms with Crippen LogP contribution in [0.15, 0.2) is 30.3 Å². The van der Waals surface area contributed by atoms with E-state index in [0.29, 0.717) is 19.6 Å². The lowest BCUT2D eigenvalue weighted by Crippen LogP contribution is -2.55. The van der Waals surface area contributed by atoms with Gasteiger partial charge in [0.05, 0.1) is 12.1 Å². The van der Waals surface area contributed by atoms with Crippen molar-refractivity contribution in [3.05, 3.63) is 30.3 Å². The summed E-state index contributed by atoms with van der Waals surface area (Å²) in [5, 5.41) is 0. The summed E-state index contributed by atoms with van der Waals surface area (Å²) in [5.74, 6) is -0.0108. The predicted molar refractivity (Wildman–Crippen MR) is 99.0 cm³/mol. The number of hydrogen-bond donors (Lipinski definition) is 0. The number of carbonyl (C=O) groups is 2. The van der Waals surface area contributed by atoms with E-state index in [1.807, 2.05) is 40.1 Å². The van der Waals surface area contributed by atoms with Crippen molar-refractivity contribution >= 4 is 17.5 Å². The van der Waals surface area contributed by atoms with E-state index in [-0.39, 0.29) is 18.4 Å². The first-order valence-electron chi connectivity index (χ1n) is 9.21. The molecule has 1 unspecified atom stereocenters. The molecule has 2 amide bonds. The van der Waals surface area contributed by atoms with Crippen LogP contribution < -0.4 is 4.90 Å². The number of rotatable bonds is 3. The second-order valence-electron chi connectivity index (χ2n) is 7.65. The molecule has 2 aliphatic rings. The molecule has 1 aromatic rings. The number of benzene rings is 1. The Balaban J connectivity index is 1.73. The number of nitrogens with zero attached hydrogens (tertiary/aromatic N) is 2. The number of para-hydroxylation sites is 1. The minimum atomic E-state index is -0.822. The summed E-state index contributed by atoms with van der Waals surface area (Å²) in [6.45, 7) is 5.52. The minimum Gasteiger partial charge on any atom is -0.369 e. The Bertz CT molecular complexity index is 661. The van der Waals surface area contributed by atoms with Crippen LogP contribution in [-0.2, 0) is 19.1 Å². The molecule has 2 fully saturated rings. The third-order valence-corrected chi connectivity index (χ3v) is 5.53. The summed E-state index contributed by atoms with van der Waals surface area (Å²) in [5.41, 5.74) is -0.315. The largest absolute Gasteiger partial charge is 0.369 e. The van der Waals surface area contributed by atoms with Crippen LogP contribution in [-0.4, -0.2) is 61.3 Å². The van der Waals surface area contributed by atoms with Crippen LogP contribution in [0.1, 0.15) is 33.1 Å². The monoisotopic (exact) mass is 360 g/mol. The lowest BCUT2D eigenvalue weighted by atomic mass is 9.92. The van der Waals surface area contributed by atoms with Crippen LogP contribution in [0.4, 0.5) is 5.69 Å². The fourth-order valence-corrected chi connectivity index (χ4v) is 3.70. The molecule has 0 saturated carbocycles. The fraction of sp³-hybridized carbons (Fsp3) is 0.600. The van der Waals surface area contributed by atoms with E-state index in [0.717, 1.165) is 24.9 Å². The molecular weight excluding hydrogens is 332 g/mol. The first-order valence-corrected chi connectivity index (χ1v) is 9.21. The van der Waals surface area contributed by atoms with E-state index >= 15 is 0 Å². The third kappa shape index (κ3) is 3.76. The summed E-state index contributed by atoms with van der Waals surface area (Å²) < 4.78 is 11.4. The van der Waals surface area contributed by atoms with Gasteiger partial charge in [0.25, 0.3) is 11.8 Å². The van der Waals surface area contributed by atoms with Crippen LogP contribution in [0, 0.1) is 0 Å². The number of amides is 2. The standard InChI is InChI=1S/C20H28N2O4/c1-19(2,25-3)18(24)21-12-7-10-20(11-13-21)15-22(17(23)14-26-20)16-8-5-4-6-9-16/h4-6,8-9H,7,10-15H2,1-3H3. The zero-order valence-electron chi connectivity index (χ0n) is 15.9. The second kappa shape index (κ2) is 7.37. The molecule has 6 nitrogen and oxygen atoms in total. The van der Waals surface area contributed by atoms with Crippen molar-refractivity contribution in [3.8, 4) is 0 Å². The third-order valence-electron chi connectivity index (χ3n) is 5.53. The molecule has 0 N–H and O–H groups in total. The van der Waals surface area contributed by atoms with Crippen LogP contribution >= 0.6 is 0 Å². The van der Waals surface area contributed by atoms with E-state index in [4.69, 9.17) is 9.47 Å². The van der Waals surface area contributed by atoms with Crippen molar-refractivity contribution in [2.24, 2.45) is 0 Å². The average molecular weight is 360 g/mol. The van der Waals surface area contributed by atoms with Crippen molar-refractivity contribution in [1.29, 1.82) is 0 Å². The van der Waals surface area contributed by atoms with Gasteiger partial charge in [-0.15, -0.1) is 0 Å². The van der Waals surface area contributed by atoms with Gasteiger partial charge in [-0.3, -0.25) is 9.59 Å². The van der Waals surface area contributed by atoms with E-state index in [1.54, 1.807) is 21.0 Å². The second-order valence-corrected chi connectivity index (χ2v) is 7.65. The quantitative estimate of drug-likeness (QED) is 0.829. The highest BCUT2D eigenvalue weighted by Gasteiger charge is 2.43. The van der Waals surface area contributed by atoms with Gasteiger partial charge in [-0.2, -0.15) is 0 Å². The SMILES string of the molecule is COC(C)(C)C(=O)N1CCCC2(CC1)CN(c1ccccc1)C(=O)CO2. The van der Waals surface area contributed by atoms with Gasteiger partial charge in [-0.05, 0) is 45.2 Å². The maximum absolute atomic E-state index is 12.7. The number of hydrogen-bond acceptors (Lipinski definition) is 4. The lowest BCUT2D eigenvalue weighted by molar-refractivity contribution is -0.151. The molecule has 3 rings (SSSR count). The number of ether oxygens (including phenoxy) is 2. The fourth-order valence-electron chi connectivity index (χ4n) is 3.70. The van der Waals surface area contributed by atoms with Crippen LogP contribution in [0.3, 0.4) is 0 Å². The Labute approximate surface area is 155 Å². The maximum atomic E-state index is 12.7. The van der Waals surface area contributed by atoms with Gasteiger partial charge in [-0.25, -0.2) is 0 Å². The molecular formula is C20H28N2O4.